The second-order valence-corrected chi connectivity index (χ2v) is 14.2. The summed E-state index contributed by atoms with van der Waals surface area (Å²) in [6.45, 7) is 15.5. The minimum atomic E-state index is -4.32. The Morgan fingerprint density at radius 2 is 1.67 bits per heavy atom. The number of nitrogens with zero attached hydrogens (tertiary/aromatic N) is 3. The van der Waals surface area contributed by atoms with Crippen molar-refractivity contribution in [2.45, 2.75) is 89.7 Å². The molecular formula is C26H36FN3O8S. The maximum atomic E-state index is 15.1. The van der Waals surface area contributed by atoms with Crippen LogP contribution in [-0.2, 0) is 24.8 Å². The molecule has 0 fully saturated rings. The molecule has 0 bridgehead atoms. The van der Waals surface area contributed by atoms with Gasteiger partial charge in [-0.05, 0) is 74.3 Å². The summed E-state index contributed by atoms with van der Waals surface area (Å²) in [7, 11) is -4.32. The van der Waals surface area contributed by atoms with Crippen LogP contribution in [0.3, 0.4) is 0 Å². The van der Waals surface area contributed by atoms with Crippen molar-refractivity contribution < 1.29 is 36.8 Å². The number of carbonyl (C=O) groups is 2. The van der Waals surface area contributed by atoms with Crippen LogP contribution in [0.4, 0.5) is 19.7 Å². The molecular weight excluding hydrogens is 533 g/mol. The van der Waals surface area contributed by atoms with Crippen molar-refractivity contribution in [1.29, 1.82) is 0 Å². The van der Waals surface area contributed by atoms with Crippen LogP contribution >= 0.6 is 0 Å². The number of amides is 2. The molecule has 0 aromatic heterocycles. The zero-order valence-corrected chi connectivity index (χ0v) is 24.3. The number of benzene rings is 1. The topological polar surface area (TPSA) is 145 Å². The first-order chi connectivity index (χ1) is 17.6. The summed E-state index contributed by atoms with van der Waals surface area (Å²) in [6, 6.07) is 2.67. The predicted molar refractivity (Wildman–Crippen MR) is 144 cm³/mol. The number of ether oxygens (including phenoxy) is 2. The van der Waals surface area contributed by atoms with Crippen LogP contribution in [0.15, 0.2) is 35.8 Å². The molecule has 0 N–H and O–H groups in total. The van der Waals surface area contributed by atoms with Gasteiger partial charge in [0.1, 0.15) is 33.1 Å². The minimum absolute atomic E-state index is 0.132. The van der Waals surface area contributed by atoms with Crippen molar-refractivity contribution in [3.63, 3.8) is 0 Å². The highest BCUT2D eigenvalue weighted by molar-refractivity contribution is 7.93. The second-order valence-electron chi connectivity index (χ2n) is 11.7. The highest BCUT2D eigenvalue weighted by Crippen LogP contribution is 2.43. The fraction of sp³-hybridized carbons (Fsp3) is 0.577. The number of non-ortho nitro benzene ring substituents is 1. The molecule has 39 heavy (non-hydrogen) atoms. The number of allylic oxidation sites excluding steroid dienone is 1. The molecule has 0 aliphatic carbocycles. The Kier molecular flexibility index (Phi) is 8.71. The van der Waals surface area contributed by atoms with Crippen LogP contribution in [0.1, 0.15) is 73.8 Å². The Balaban J connectivity index is 2.98. The van der Waals surface area contributed by atoms with E-state index >= 15 is 4.39 Å². The Labute approximate surface area is 228 Å². The fourth-order valence-electron chi connectivity index (χ4n) is 4.02. The van der Waals surface area contributed by atoms with Crippen molar-refractivity contribution in [2.24, 2.45) is 4.99 Å². The fourth-order valence-corrected chi connectivity index (χ4v) is 6.15. The van der Waals surface area contributed by atoms with Gasteiger partial charge in [-0.25, -0.2) is 22.4 Å². The number of hydrogen-bond acceptors (Lipinski definition) is 9. The number of nitro benzene ring substituents is 1. The Hall–Kier alpha value is -3.35. The van der Waals surface area contributed by atoms with E-state index < -0.39 is 77.1 Å². The third kappa shape index (κ3) is 7.00. The molecule has 0 saturated carbocycles. The van der Waals surface area contributed by atoms with E-state index in [1.807, 2.05) is 0 Å². The molecule has 216 valence electrons. The van der Waals surface area contributed by atoms with E-state index in [9.17, 15) is 28.1 Å². The lowest BCUT2D eigenvalue weighted by Gasteiger charge is -2.43. The van der Waals surface area contributed by atoms with Gasteiger partial charge < -0.3 is 9.47 Å². The Bertz CT molecular complexity index is 1290. The summed E-state index contributed by atoms with van der Waals surface area (Å²) in [4.78, 5) is 42.5. The van der Waals surface area contributed by atoms with Gasteiger partial charge in [0.15, 0.2) is 9.84 Å². The van der Waals surface area contributed by atoms with Crippen molar-refractivity contribution >= 4 is 33.5 Å². The first kappa shape index (κ1) is 31.9. The summed E-state index contributed by atoms with van der Waals surface area (Å²) in [6.07, 6.45) is -1.00. The summed E-state index contributed by atoms with van der Waals surface area (Å²) < 4.78 is 51.9. The first-order valence-corrected chi connectivity index (χ1v) is 13.9. The number of halogens is 1. The van der Waals surface area contributed by atoms with E-state index in [1.54, 1.807) is 41.5 Å². The number of imide groups is 1. The van der Waals surface area contributed by atoms with E-state index in [4.69, 9.17) is 9.47 Å². The molecule has 1 aliphatic heterocycles. The lowest BCUT2D eigenvalue weighted by atomic mass is 9.91. The van der Waals surface area contributed by atoms with Gasteiger partial charge >= 0.3 is 12.2 Å². The molecule has 1 unspecified atom stereocenters. The van der Waals surface area contributed by atoms with Gasteiger partial charge in [-0.15, -0.1) is 6.58 Å². The zero-order chi connectivity index (χ0) is 30.2. The van der Waals surface area contributed by atoms with Gasteiger partial charge in [-0.3, -0.25) is 15.1 Å². The number of amidine groups is 1. The predicted octanol–water partition coefficient (Wildman–Crippen LogP) is 5.67. The van der Waals surface area contributed by atoms with E-state index in [0.29, 0.717) is 4.90 Å². The molecule has 11 nitrogen and oxygen atoms in total. The van der Waals surface area contributed by atoms with Crippen molar-refractivity contribution in [2.75, 3.05) is 5.75 Å². The lowest BCUT2D eigenvalue weighted by molar-refractivity contribution is -0.385. The number of carbonyl (C=O) groups excluding carboxylic acids is 2. The zero-order valence-electron chi connectivity index (χ0n) is 23.5. The van der Waals surface area contributed by atoms with Crippen LogP contribution in [0.2, 0.25) is 0 Å². The minimum Gasteiger partial charge on any atom is -0.443 e. The molecule has 0 radical (unpaired) electrons. The van der Waals surface area contributed by atoms with Crippen LogP contribution < -0.4 is 0 Å². The molecule has 2 amide bonds. The van der Waals surface area contributed by atoms with E-state index in [1.165, 1.54) is 19.9 Å². The standard InChI is InChI=1S/C26H36FN3O8S/c1-10-11-14-26(9)20(29(21(31)37-23(2,3)4)22(32)38-24(5,6)7)28-25(8,16-39(26,35)36)18-15-17(30(33)34)12-13-19(18)27/h10,12-13,15H,1,11,14,16H2,2-9H3/t25-,26?/m0/s1. The number of sulfone groups is 1. The summed E-state index contributed by atoms with van der Waals surface area (Å²) in [5, 5.41) is 11.4. The molecule has 1 heterocycles. The van der Waals surface area contributed by atoms with Gasteiger partial charge in [-0.1, -0.05) is 6.08 Å². The third-order valence-corrected chi connectivity index (χ3v) is 8.62. The molecule has 2 atom stereocenters. The van der Waals surface area contributed by atoms with Crippen molar-refractivity contribution in [3.8, 4) is 0 Å². The first-order valence-electron chi connectivity index (χ1n) is 12.2. The molecule has 1 aromatic carbocycles. The van der Waals surface area contributed by atoms with Gasteiger partial charge in [0.2, 0.25) is 0 Å². The third-order valence-electron chi connectivity index (χ3n) is 5.91. The Morgan fingerprint density at radius 3 is 2.10 bits per heavy atom. The largest absolute Gasteiger partial charge is 0.443 e. The van der Waals surface area contributed by atoms with E-state index in [0.717, 1.165) is 18.2 Å². The second kappa shape index (κ2) is 10.7. The molecule has 1 aromatic rings. The smallest absolute Gasteiger partial charge is 0.425 e. The molecule has 0 saturated heterocycles. The van der Waals surface area contributed by atoms with Gasteiger partial charge in [0, 0.05) is 17.7 Å². The summed E-state index contributed by atoms with van der Waals surface area (Å²) >= 11 is 0. The average Bonchev–Trinajstić information content (AvgIpc) is 2.73. The average molecular weight is 570 g/mol. The quantitative estimate of drug-likeness (QED) is 0.250. The maximum absolute atomic E-state index is 15.1. The van der Waals surface area contributed by atoms with Gasteiger partial charge in [0.25, 0.3) is 5.69 Å². The highest BCUT2D eigenvalue weighted by Gasteiger charge is 2.57. The number of hydrogen-bond donors (Lipinski definition) is 0. The van der Waals surface area contributed by atoms with Crippen LogP contribution in [-0.4, -0.2) is 58.0 Å². The lowest BCUT2D eigenvalue weighted by Crippen LogP contribution is -2.62. The molecule has 1 aliphatic rings. The Morgan fingerprint density at radius 1 is 1.15 bits per heavy atom. The van der Waals surface area contributed by atoms with E-state index in [2.05, 4.69) is 11.6 Å². The maximum Gasteiger partial charge on any atom is 0.425 e. The van der Waals surface area contributed by atoms with Crippen LogP contribution in [0, 0.1) is 15.9 Å². The van der Waals surface area contributed by atoms with Gasteiger partial charge in [-0.2, -0.15) is 4.90 Å². The molecule has 0 spiro atoms. The molecule has 2 rings (SSSR count). The normalized spacial score (nSPS) is 22.8. The van der Waals surface area contributed by atoms with Crippen LogP contribution in [0.5, 0.6) is 0 Å². The van der Waals surface area contributed by atoms with Crippen molar-refractivity contribution in [3.05, 3.63) is 52.3 Å². The SMILES string of the molecule is C=CCCC1(C)C(N(C(=O)OC(C)(C)C)C(=O)OC(C)(C)C)=N[C@](C)(c2cc([N+](=O)[O-])ccc2F)CS1(=O)=O. The number of aliphatic imine (C=N–C) groups is 1. The summed E-state index contributed by atoms with van der Waals surface area (Å²) in [5.74, 6) is -2.25. The van der Waals surface area contributed by atoms with Gasteiger partial charge in [0.05, 0.1) is 10.7 Å². The monoisotopic (exact) mass is 569 g/mol. The summed E-state index contributed by atoms with van der Waals surface area (Å²) in [5.41, 5.74) is -5.04. The number of nitro groups is 1. The highest BCUT2D eigenvalue weighted by atomic mass is 32.2. The van der Waals surface area contributed by atoms with Crippen LogP contribution in [0.25, 0.3) is 0 Å². The van der Waals surface area contributed by atoms with Crippen molar-refractivity contribution in [1.82, 2.24) is 4.90 Å². The molecule has 13 heteroatoms. The van der Waals surface area contributed by atoms with E-state index in [-0.39, 0.29) is 12.8 Å². The number of rotatable bonds is 5.